The number of anilines is 1. The molecule has 1 nitrogen and oxygen atoms in total. The van der Waals surface area contributed by atoms with E-state index >= 15 is 0 Å². The molecule has 0 aromatic heterocycles. The predicted octanol–water partition coefficient (Wildman–Crippen LogP) is 3.76. The summed E-state index contributed by atoms with van der Waals surface area (Å²) in [6.45, 7) is 2.22. The van der Waals surface area contributed by atoms with Crippen LogP contribution in [-0.2, 0) is 6.42 Å². The van der Waals surface area contributed by atoms with Crippen molar-refractivity contribution < 1.29 is 0 Å². The Morgan fingerprint density at radius 1 is 1.00 bits per heavy atom. The lowest BCUT2D eigenvalue weighted by Gasteiger charge is -2.08. The minimum Gasteiger partial charge on any atom is -0.398 e. The number of benzene rings is 2. The number of hydrogen-bond acceptors (Lipinski definition) is 1. The number of nitrogen functional groups attached to an aromatic ring is 1. The molecule has 0 unspecified atom stereocenters. The lowest BCUT2D eigenvalue weighted by molar-refractivity contribution is 0.799. The van der Waals surface area contributed by atoms with E-state index in [0.717, 1.165) is 12.1 Å². The molecule has 0 fully saturated rings. The van der Waals surface area contributed by atoms with Crippen molar-refractivity contribution in [2.75, 3.05) is 5.73 Å². The third kappa shape index (κ3) is 1.96. The molecule has 0 aliphatic carbocycles. The third-order valence-electron chi connectivity index (χ3n) is 2.85. The van der Waals surface area contributed by atoms with Crippen molar-refractivity contribution in [1.29, 1.82) is 0 Å². The van der Waals surface area contributed by atoms with Crippen LogP contribution in [0.1, 0.15) is 25.3 Å². The minimum atomic E-state index is 0.880. The van der Waals surface area contributed by atoms with Gasteiger partial charge in [0.05, 0.1) is 0 Å². The summed E-state index contributed by atoms with van der Waals surface area (Å²) < 4.78 is 0. The quantitative estimate of drug-likeness (QED) is 0.748. The average Bonchev–Trinajstić information content (AvgIpc) is 2.29. The van der Waals surface area contributed by atoms with Crippen LogP contribution < -0.4 is 5.73 Å². The van der Waals surface area contributed by atoms with Crippen molar-refractivity contribution in [3.8, 4) is 0 Å². The molecule has 0 aliphatic heterocycles. The van der Waals surface area contributed by atoms with E-state index in [1.165, 1.54) is 29.2 Å². The van der Waals surface area contributed by atoms with Crippen molar-refractivity contribution in [3.63, 3.8) is 0 Å². The maximum Gasteiger partial charge on any atom is 0.0393 e. The number of rotatable bonds is 3. The molecule has 0 amide bonds. The molecule has 0 radical (unpaired) electrons. The van der Waals surface area contributed by atoms with Gasteiger partial charge in [-0.25, -0.2) is 0 Å². The first-order chi connectivity index (χ1) is 7.33. The molecule has 0 spiro atoms. The van der Waals surface area contributed by atoms with Crippen LogP contribution in [-0.4, -0.2) is 0 Å². The topological polar surface area (TPSA) is 26.0 Å². The fraction of sp³-hybridized carbons (Fsp3) is 0.286. The highest BCUT2D eigenvalue weighted by atomic mass is 14.5. The first-order valence-corrected chi connectivity index (χ1v) is 5.59. The Bertz CT molecular complexity index is 460. The van der Waals surface area contributed by atoms with E-state index in [-0.39, 0.29) is 0 Å². The highest BCUT2D eigenvalue weighted by Gasteiger charge is 2.02. The summed E-state index contributed by atoms with van der Waals surface area (Å²) >= 11 is 0. The molecule has 0 saturated carbocycles. The highest BCUT2D eigenvalue weighted by Crippen LogP contribution is 2.25. The maximum absolute atomic E-state index is 5.95. The van der Waals surface area contributed by atoms with E-state index in [4.69, 9.17) is 5.73 Å². The van der Waals surface area contributed by atoms with Gasteiger partial charge in [0.2, 0.25) is 0 Å². The summed E-state index contributed by atoms with van der Waals surface area (Å²) in [7, 11) is 0. The van der Waals surface area contributed by atoms with E-state index in [1.807, 2.05) is 12.1 Å². The lowest BCUT2D eigenvalue weighted by Crippen LogP contribution is -1.92. The summed E-state index contributed by atoms with van der Waals surface area (Å²) in [4.78, 5) is 0. The Hall–Kier alpha value is -1.50. The minimum absolute atomic E-state index is 0.880. The van der Waals surface area contributed by atoms with Gasteiger partial charge in [-0.3, -0.25) is 0 Å². The van der Waals surface area contributed by atoms with Crippen molar-refractivity contribution in [3.05, 3.63) is 42.0 Å². The van der Waals surface area contributed by atoms with Crippen LogP contribution in [0, 0.1) is 0 Å². The Morgan fingerprint density at radius 2 is 1.73 bits per heavy atom. The molecule has 0 heterocycles. The summed E-state index contributed by atoms with van der Waals surface area (Å²) in [5, 5.41) is 2.50. The monoisotopic (exact) mass is 199 g/mol. The van der Waals surface area contributed by atoms with E-state index in [2.05, 4.69) is 31.2 Å². The number of hydrogen-bond donors (Lipinski definition) is 1. The Labute approximate surface area is 90.9 Å². The fourth-order valence-corrected chi connectivity index (χ4v) is 1.97. The first kappa shape index (κ1) is 10.0. The van der Waals surface area contributed by atoms with Gasteiger partial charge in [0.1, 0.15) is 0 Å². The van der Waals surface area contributed by atoms with Gasteiger partial charge in [0, 0.05) is 11.1 Å². The van der Waals surface area contributed by atoms with Gasteiger partial charge < -0.3 is 5.73 Å². The number of unbranched alkanes of at least 4 members (excludes halogenated alkanes) is 1. The summed E-state index contributed by atoms with van der Waals surface area (Å²) in [5.74, 6) is 0. The summed E-state index contributed by atoms with van der Waals surface area (Å²) in [6.07, 6.45) is 3.63. The molecule has 0 saturated heterocycles. The van der Waals surface area contributed by atoms with E-state index in [1.54, 1.807) is 0 Å². The molecule has 78 valence electrons. The van der Waals surface area contributed by atoms with Crippen molar-refractivity contribution >= 4 is 16.5 Å². The predicted molar refractivity (Wildman–Crippen MR) is 67.0 cm³/mol. The third-order valence-corrected chi connectivity index (χ3v) is 2.85. The second-order valence-corrected chi connectivity index (χ2v) is 3.96. The second kappa shape index (κ2) is 4.35. The lowest BCUT2D eigenvalue weighted by atomic mass is 9.99. The van der Waals surface area contributed by atoms with Crippen LogP contribution in [0.4, 0.5) is 5.69 Å². The van der Waals surface area contributed by atoms with Gasteiger partial charge in [-0.1, -0.05) is 43.7 Å². The molecule has 2 N–H and O–H groups in total. The Morgan fingerprint density at radius 3 is 2.47 bits per heavy atom. The average molecular weight is 199 g/mol. The van der Waals surface area contributed by atoms with Crippen LogP contribution in [0.15, 0.2) is 36.4 Å². The molecule has 0 bridgehead atoms. The molecule has 2 aromatic carbocycles. The van der Waals surface area contributed by atoms with Crippen molar-refractivity contribution in [2.24, 2.45) is 0 Å². The van der Waals surface area contributed by atoms with Gasteiger partial charge >= 0.3 is 0 Å². The van der Waals surface area contributed by atoms with Gasteiger partial charge in [-0.05, 0) is 29.9 Å². The second-order valence-electron chi connectivity index (χ2n) is 3.96. The molecule has 1 heteroatoms. The zero-order valence-electron chi connectivity index (χ0n) is 9.16. The van der Waals surface area contributed by atoms with Crippen LogP contribution in [0.2, 0.25) is 0 Å². The summed E-state index contributed by atoms with van der Waals surface area (Å²) in [5.41, 5.74) is 8.25. The van der Waals surface area contributed by atoms with E-state index in [9.17, 15) is 0 Å². The standard InChI is InChI=1S/C14H17N/c1-2-3-6-11-9-10-14(15)13-8-5-4-7-12(11)13/h4-5,7-10H,2-3,6,15H2,1H3. The number of aryl methyl sites for hydroxylation is 1. The number of fused-ring (bicyclic) bond motifs is 1. The van der Waals surface area contributed by atoms with Gasteiger partial charge in [0.15, 0.2) is 0 Å². The molecule has 2 aromatic rings. The molecule has 2 rings (SSSR count). The SMILES string of the molecule is CCCCc1ccc(N)c2ccccc12. The van der Waals surface area contributed by atoms with Crippen LogP contribution in [0.3, 0.4) is 0 Å². The van der Waals surface area contributed by atoms with E-state index < -0.39 is 0 Å². The first-order valence-electron chi connectivity index (χ1n) is 5.59. The van der Waals surface area contributed by atoms with Crippen LogP contribution in [0.5, 0.6) is 0 Å². The fourth-order valence-electron chi connectivity index (χ4n) is 1.97. The zero-order chi connectivity index (χ0) is 10.7. The Kier molecular flexibility index (Phi) is 2.91. The van der Waals surface area contributed by atoms with E-state index in [0.29, 0.717) is 0 Å². The normalized spacial score (nSPS) is 10.7. The largest absolute Gasteiger partial charge is 0.398 e. The molecule has 15 heavy (non-hydrogen) atoms. The highest BCUT2D eigenvalue weighted by molar-refractivity contribution is 5.95. The summed E-state index contributed by atoms with van der Waals surface area (Å²) in [6, 6.07) is 12.6. The molecule has 0 aliphatic rings. The van der Waals surface area contributed by atoms with Gasteiger partial charge in [-0.2, -0.15) is 0 Å². The zero-order valence-corrected chi connectivity index (χ0v) is 9.16. The smallest absolute Gasteiger partial charge is 0.0393 e. The van der Waals surface area contributed by atoms with Gasteiger partial charge in [0.25, 0.3) is 0 Å². The van der Waals surface area contributed by atoms with Crippen molar-refractivity contribution in [2.45, 2.75) is 26.2 Å². The Balaban J connectivity index is 2.51. The molecule has 0 atom stereocenters. The van der Waals surface area contributed by atoms with Crippen LogP contribution in [0.25, 0.3) is 10.8 Å². The molecular weight excluding hydrogens is 182 g/mol. The molecular formula is C14H17N. The maximum atomic E-state index is 5.95. The van der Waals surface area contributed by atoms with Crippen molar-refractivity contribution in [1.82, 2.24) is 0 Å². The van der Waals surface area contributed by atoms with Crippen LogP contribution >= 0.6 is 0 Å². The number of nitrogens with two attached hydrogens (primary N) is 1. The van der Waals surface area contributed by atoms with Gasteiger partial charge in [-0.15, -0.1) is 0 Å².